The van der Waals surface area contributed by atoms with Crippen LogP contribution in [0.15, 0.2) is 97.3 Å². The van der Waals surface area contributed by atoms with Crippen molar-refractivity contribution in [3.05, 3.63) is 114 Å². The van der Waals surface area contributed by atoms with Gasteiger partial charge in [-0.15, -0.1) is 0 Å². The molecule has 1 aliphatic heterocycles. The number of nitrogens with one attached hydrogen (secondary N) is 2. The van der Waals surface area contributed by atoms with Crippen molar-refractivity contribution in [2.75, 3.05) is 18.4 Å². The zero-order valence-corrected chi connectivity index (χ0v) is 20.1. The van der Waals surface area contributed by atoms with E-state index in [-0.39, 0.29) is 12.1 Å². The van der Waals surface area contributed by atoms with Crippen LogP contribution < -0.4 is 10.6 Å². The van der Waals surface area contributed by atoms with E-state index in [1.165, 1.54) is 11.3 Å². The van der Waals surface area contributed by atoms with Crippen molar-refractivity contribution in [2.45, 2.75) is 25.4 Å². The van der Waals surface area contributed by atoms with Crippen LogP contribution in [0.2, 0.25) is 0 Å². The first-order valence-corrected chi connectivity index (χ1v) is 12.1. The SMILES string of the molecule is Cc1ccc(-n2cccc2[C@@H]2[C@H](c3ccccn3)NC(=S)N2CCCNc2ccccc2)cc1. The highest BCUT2D eigenvalue weighted by molar-refractivity contribution is 7.80. The molecule has 5 nitrogen and oxygen atoms in total. The van der Waals surface area contributed by atoms with Gasteiger partial charge in [0.05, 0.1) is 17.8 Å². The predicted octanol–water partition coefficient (Wildman–Crippen LogP) is 5.66. The maximum absolute atomic E-state index is 5.85. The summed E-state index contributed by atoms with van der Waals surface area (Å²) in [6.45, 7) is 3.84. The van der Waals surface area contributed by atoms with E-state index >= 15 is 0 Å². The number of nitrogens with zero attached hydrogens (tertiary/aromatic N) is 3. The maximum atomic E-state index is 5.85. The van der Waals surface area contributed by atoms with Gasteiger partial charge >= 0.3 is 0 Å². The summed E-state index contributed by atoms with van der Waals surface area (Å²) >= 11 is 5.85. The van der Waals surface area contributed by atoms with Gasteiger partial charge in [-0.3, -0.25) is 4.98 Å². The third-order valence-corrected chi connectivity index (χ3v) is 6.62. The highest BCUT2D eigenvalue weighted by Gasteiger charge is 2.40. The normalized spacial score (nSPS) is 17.6. The number of para-hydroxylation sites is 1. The fourth-order valence-corrected chi connectivity index (χ4v) is 4.91. The third kappa shape index (κ3) is 4.68. The molecular formula is C28H29N5S. The van der Waals surface area contributed by atoms with Crippen molar-refractivity contribution >= 4 is 23.0 Å². The topological polar surface area (TPSA) is 45.1 Å². The van der Waals surface area contributed by atoms with Crippen LogP contribution in [0.4, 0.5) is 5.69 Å². The first kappa shape index (κ1) is 22.2. The second-order valence-electron chi connectivity index (χ2n) is 8.60. The minimum atomic E-state index is -0.0186. The van der Waals surface area contributed by atoms with Gasteiger partial charge in [-0.1, -0.05) is 42.0 Å². The van der Waals surface area contributed by atoms with Crippen LogP contribution >= 0.6 is 12.2 Å². The van der Waals surface area contributed by atoms with Gasteiger partial charge in [0.25, 0.3) is 0 Å². The third-order valence-electron chi connectivity index (χ3n) is 6.27. The van der Waals surface area contributed by atoms with Gasteiger partial charge in [-0.25, -0.2) is 0 Å². The van der Waals surface area contributed by atoms with Crippen LogP contribution in [0.5, 0.6) is 0 Å². The lowest BCUT2D eigenvalue weighted by Crippen LogP contribution is -2.32. The highest BCUT2D eigenvalue weighted by atomic mass is 32.1. The van der Waals surface area contributed by atoms with E-state index in [0.29, 0.717) is 0 Å². The van der Waals surface area contributed by atoms with Crippen LogP contribution in [0.3, 0.4) is 0 Å². The predicted molar refractivity (Wildman–Crippen MR) is 142 cm³/mol. The Morgan fingerprint density at radius 1 is 0.941 bits per heavy atom. The molecule has 2 aromatic heterocycles. The number of thiocarbonyl (C=S) groups is 1. The van der Waals surface area contributed by atoms with E-state index in [0.717, 1.165) is 41.7 Å². The zero-order chi connectivity index (χ0) is 23.3. The second kappa shape index (κ2) is 10.1. The fraction of sp³-hybridized carbons (Fsp3) is 0.214. The second-order valence-corrected chi connectivity index (χ2v) is 8.99. The number of hydrogen-bond donors (Lipinski definition) is 2. The molecule has 2 N–H and O–H groups in total. The molecule has 0 spiro atoms. The van der Waals surface area contributed by atoms with Gasteiger partial charge in [-0.05, 0) is 74.1 Å². The Morgan fingerprint density at radius 3 is 2.50 bits per heavy atom. The van der Waals surface area contributed by atoms with E-state index in [1.54, 1.807) is 0 Å². The molecule has 172 valence electrons. The first-order valence-electron chi connectivity index (χ1n) is 11.7. The summed E-state index contributed by atoms with van der Waals surface area (Å²) in [6.07, 6.45) is 4.95. The molecule has 0 aliphatic carbocycles. The molecule has 0 saturated carbocycles. The summed E-state index contributed by atoms with van der Waals surface area (Å²) in [5.74, 6) is 0. The molecule has 34 heavy (non-hydrogen) atoms. The van der Waals surface area contributed by atoms with Crippen molar-refractivity contribution in [2.24, 2.45) is 0 Å². The Balaban J connectivity index is 1.42. The number of aromatic nitrogens is 2. The molecule has 4 aromatic rings. The Kier molecular flexibility index (Phi) is 6.58. The van der Waals surface area contributed by atoms with Crippen LogP contribution in [0, 0.1) is 6.92 Å². The van der Waals surface area contributed by atoms with Crippen molar-refractivity contribution in [3.8, 4) is 5.69 Å². The molecule has 3 heterocycles. The highest BCUT2D eigenvalue weighted by Crippen LogP contribution is 2.39. The van der Waals surface area contributed by atoms with Gasteiger partial charge in [0, 0.05) is 42.6 Å². The zero-order valence-electron chi connectivity index (χ0n) is 19.3. The molecule has 5 rings (SSSR count). The largest absolute Gasteiger partial charge is 0.385 e. The molecule has 2 atom stereocenters. The first-order chi connectivity index (χ1) is 16.7. The minimum Gasteiger partial charge on any atom is -0.385 e. The average molecular weight is 468 g/mol. The lowest BCUT2D eigenvalue weighted by molar-refractivity contribution is 0.307. The number of aryl methyl sites for hydroxylation is 1. The molecule has 1 fully saturated rings. The van der Waals surface area contributed by atoms with Gasteiger partial charge in [0.1, 0.15) is 0 Å². The Labute approximate surface area is 206 Å². The van der Waals surface area contributed by atoms with Gasteiger partial charge in [0.15, 0.2) is 5.11 Å². The Hall–Kier alpha value is -3.64. The van der Waals surface area contributed by atoms with Crippen molar-refractivity contribution < 1.29 is 0 Å². The number of hydrogen-bond acceptors (Lipinski definition) is 3. The van der Waals surface area contributed by atoms with E-state index in [1.807, 2.05) is 24.4 Å². The summed E-state index contributed by atoms with van der Waals surface area (Å²) in [5, 5.41) is 7.85. The van der Waals surface area contributed by atoms with Gasteiger partial charge < -0.3 is 20.1 Å². The summed E-state index contributed by atoms with van der Waals surface area (Å²) in [5.41, 5.74) is 5.73. The number of benzene rings is 2. The summed E-state index contributed by atoms with van der Waals surface area (Å²) in [7, 11) is 0. The maximum Gasteiger partial charge on any atom is 0.170 e. The molecule has 1 aliphatic rings. The summed E-state index contributed by atoms with van der Waals surface area (Å²) in [6, 6.07) is 29.4. The van der Waals surface area contributed by atoms with E-state index in [2.05, 4.69) is 105 Å². The monoisotopic (exact) mass is 467 g/mol. The van der Waals surface area contributed by atoms with Crippen molar-refractivity contribution in [3.63, 3.8) is 0 Å². The Morgan fingerprint density at radius 2 is 1.74 bits per heavy atom. The number of pyridine rings is 1. The lowest BCUT2D eigenvalue weighted by Gasteiger charge is -2.29. The van der Waals surface area contributed by atoms with Crippen LogP contribution in [0.25, 0.3) is 5.69 Å². The van der Waals surface area contributed by atoms with Crippen molar-refractivity contribution in [1.29, 1.82) is 0 Å². The van der Waals surface area contributed by atoms with Gasteiger partial charge in [0.2, 0.25) is 0 Å². The van der Waals surface area contributed by atoms with Crippen LogP contribution in [0.1, 0.15) is 35.5 Å². The standard InChI is InChI=1S/C28H29N5S/c1-21-13-15-23(16-14-21)32-19-7-12-25(32)27-26(24-11-5-6-17-30-24)31-28(34)33(27)20-8-18-29-22-9-3-2-4-10-22/h2-7,9-17,19,26-27,29H,8,18,20H2,1H3,(H,31,34)/t26-,27+/m0/s1. The lowest BCUT2D eigenvalue weighted by atomic mass is 10.0. The molecule has 0 radical (unpaired) electrons. The molecule has 0 amide bonds. The van der Waals surface area contributed by atoms with Crippen LogP contribution in [-0.4, -0.2) is 32.7 Å². The Bertz CT molecular complexity index is 1220. The molecule has 0 unspecified atom stereocenters. The minimum absolute atomic E-state index is 0.0186. The molecule has 6 heteroatoms. The van der Waals surface area contributed by atoms with E-state index in [4.69, 9.17) is 12.2 Å². The van der Waals surface area contributed by atoms with Crippen molar-refractivity contribution in [1.82, 2.24) is 19.8 Å². The van der Waals surface area contributed by atoms with E-state index < -0.39 is 0 Å². The quantitative estimate of drug-likeness (QED) is 0.259. The van der Waals surface area contributed by atoms with Crippen LogP contribution in [-0.2, 0) is 0 Å². The average Bonchev–Trinajstić information content (AvgIpc) is 3.48. The molecule has 2 aromatic carbocycles. The summed E-state index contributed by atoms with van der Waals surface area (Å²) in [4.78, 5) is 6.99. The van der Waals surface area contributed by atoms with E-state index in [9.17, 15) is 0 Å². The molecule has 0 bridgehead atoms. The smallest absolute Gasteiger partial charge is 0.170 e. The van der Waals surface area contributed by atoms with Gasteiger partial charge in [-0.2, -0.15) is 0 Å². The molecule has 1 saturated heterocycles. The fourth-order valence-electron chi connectivity index (χ4n) is 4.58. The summed E-state index contributed by atoms with van der Waals surface area (Å²) < 4.78 is 2.27. The number of rotatable bonds is 8. The number of anilines is 1. The molecular weight excluding hydrogens is 438 g/mol.